The summed E-state index contributed by atoms with van der Waals surface area (Å²) < 4.78 is 15.4. The number of aromatic nitrogens is 3. The minimum atomic E-state index is -0.402. The van der Waals surface area contributed by atoms with Gasteiger partial charge in [0.1, 0.15) is 5.82 Å². The van der Waals surface area contributed by atoms with Crippen LogP contribution in [0.15, 0.2) is 58.8 Å². The number of rotatable bonds is 7. The van der Waals surface area contributed by atoms with Gasteiger partial charge in [0.25, 0.3) is 5.91 Å². The van der Waals surface area contributed by atoms with Gasteiger partial charge in [0.2, 0.25) is 0 Å². The van der Waals surface area contributed by atoms with Crippen molar-refractivity contribution in [3.8, 4) is 11.4 Å². The number of benzene rings is 2. The Kier molecular flexibility index (Phi) is 6.78. The molecule has 0 saturated heterocycles. The molecule has 0 unspecified atom stereocenters. The van der Waals surface area contributed by atoms with E-state index in [1.54, 1.807) is 30.3 Å². The van der Waals surface area contributed by atoms with Gasteiger partial charge < -0.3 is 4.57 Å². The van der Waals surface area contributed by atoms with Crippen LogP contribution in [-0.2, 0) is 11.3 Å². The van der Waals surface area contributed by atoms with Crippen LogP contribution in [0, 0.1) is 5.82 Å². The molecule has 0 aliphatic rings. The number of nitrogens with one attached hydrogen (secondary N) is 1. The molecule has 0 aliphatic carbocycles. The van der Waals surface area contributed by atoms with Crippen molar-refractivity contribution in [1.29, 1.82) is 0 Å². The highest BCUT2D eigenvalue weighted by Crippen LogP contribution is 2.24. The maximum Gasteiger partial charge on any atom is 0.250 e. The number of nitrogens with zero attached hydrogens (tertiary/aromatic N) is 4. The maximum absolute atomic E-state index is 13.5. The van der Waals surface area contributed by atoms with E-state index in [2.05, 4.69) is 20.7 Å². The van der Waals surface area contributed by atoms with Crippen LogP contribution in [0.1, 0.15) is 12.5 Å². The summed E-state index contributed by atoms with van der Waals surface area (Å²) in [5, 5.41) is 13.5. The molecule has 0 saturated carbocycles. The van der Waals surface area contributed by atoms with E-state index in [1.165, 1.54) is 24.0 Å². The molecule has 1 aromatic heterocycles. The van der Waals surface area contributed by atoms with Gasteiger partial charge in [0.05, 0.1) is 12.0 Å². The summed E-state index contributed by atoms with van der Waals surface area (Å²) >= 11 is 7.18. The van der Waals surface area contributed by atoms with Crippen LogP contribution in [-0.4, -0.2) is 32.6 Å². The van der Waals surface area contributed by atoms with E-state index in [0.717, 1.165) is 5.56 Å². The molecule has 0 aliphatic heterocycles. The Morgan fingerprint density at radius 2 is 2.00 bits per heavy atom. The molecule has 2 aromatic carbocycles. The van der Waals surface area contributed by atoms with Gasteiger partial charge in [0.15, 0.2) is 11.0 Å². The average molecular weight is 418 g/mol. The van der Waals surface area contributed by atoms with Crippen LogP contribution in [0.5, 0.6) is 0 Å². The number of hydrogen-bond donors (Lipinski definition) is 1. The SMILES string of the molecule is CCn1c(SCC(=O)N/N=C/c2ccccc2F)nnc1-c1ccc(Cl)cc1. The van der Waals surface area contributed by atoms with E-state index >= 15 is 0 Å². The lowest BCUT2D eigenvalue weighted by molar-refractivity contribution is -0.118. The molecule has 1 N–H and O–H groups in total. The van der Waals surface area contributed by atoms with Crippen LogP contribution in [0.25, 0.3) is 11.4 Å². The molecule has 6 nitrogen and oxygen atoms in total. The number of carbonyl (C=O) groups excluding carboxylic acids is 1. The fraction of sp³-hybridized carbons (Fsp3) is 0.158. The molecule has 0 atom stereocenters. The lowest BCUT2D eigenvalue weighted by Gasteiger charge is -2.07. The van der Waals surface area contributed by atoms with Crippen LogP contribution >= 0.6 is 23.4 Å². The Morgan fingerprint density at radius 1 is 1.25 bits per heavy atom. The van der Waals surface area contributed by atoms with Crippen LogP contribution in [0.3, 0.4) is 0 Å². The van der Waals surface area contributed by atoms with Gasteiger partial charge in [-0.05, 0) is 37.3 Å². The van der Waals surface area contributed by atoms with Gasteiger partial charge in [-0.2, -0.15) is 5.10 Å². The molecule has 1 amide bonds. The third kappa shape index (κ3) is 4.96. The molecule has 3 rings (SSSR count). The highest BCUT2D eigenvalue weighted by Gasteiger charge is 2.14. The molecule has 3 aromatic rings. The number of hydrogen-bond acceptors (Lipinski definition) is 5. The lowest BCUT2D eigenvalue weighted by Crippen LogP contribution is -2.20. The van der Waals surface area contributed by atoms with Gasteiger partial charge in [-0.15, -0.1) is 10.2 Å². The molecular weight excluding hydrogens is 401 g/mol. The zero-order valence-corrected chi connectivity index (χ0v) is 16.5. The van der Waals surface area contributed by atoms with E-state index in [0.29, 0.717) is 28.1 Å². The molecular formula is C19H17ClFN5OS. The third-order valence-corrected chi connectivity index (χ3v) is 4.98. The predicted molar refractivity (Wildman–Crippen MR) is 109 cm³/mol. The van der Waals surface area contributed by atoms with Gasteiger partial charge in [-0.25, -0.2) is 9.82 Å². The smallest absolute Gasteiger partial charge is 0.250 e. The fourth-order valence-electron chi connectivity index (χ4n) is 2.41. The monoisotopic (exact) mass is 417 g/mol. The Morgan fingerprint density at radius 3 is 2.71 bits per heavy atom. The summed E-state index contributed by atoms with van der Waals surface area (Å²) in [6.07, 6.45) is 1.27. The first-order chi connectivity index (χ1) is 13.6. The number of carbonyl (C=O) groups is 1. The largest absolute Gasteiger partial charge is 0.302 e. The van der Waals surface area contributed by atoms with E-state index in [4.69, 9.17) is 11.6 Å². The Bertz CT molecular complexity index is 990. The van der Waals surface area contributed by atoms with E-state index in [-0.39, 0.29) is 11.7 Å². The standard InChI is InChI=1S/C19H17ClFN5OS/c1-2-26-18(13-7-9-15(20)10-8-13)24-25-19(26)28-12-17(27)23-22-11-14-5-3-4-6-16(14)21/h3-11H,2,12H2,1H3,(H,23,27)/b22-11+. The van der Waals surface area contributed by atoms with Crippen LogP contribution in [0.4, 0.5) is 4.39 Å². The van der Waals surface area contributed by atoms with E-state index in [9.17, 15) is 9.18 Å². The quantitative estimate of drug-likeness (QED) is 0.358. The fourth-order valence-corrected chi connectivity index (χ4v) is 3.33. The predicted octanol–water partition coefficient (Wildman–Crippen LogP) is 4.00. The minimum Gasteiger partial charge on any atom is -0.302 e. The van der Waals surface area contributed by atoms with Gasteiger partial charge >= 0.3 is 0 Å². The Balaban J connectivity index is 1.60. The molecule has 144 valence electrons. The zero-order chi connectivity index (χ0) is 19.9. The topological polar surface area (TPSA) is 72.2 Å². The van der Waals surface area contributed by atoms with Crippen molar-refractivity contribution in [2.45, 2.75) is 18.6 Å². The molecule has 0 fully saturated rings. The highest BCUT2D eigenvalue weighted by atomic mass is 35.5. The van der Waals surface area contributed by atoms with Gasteiger partial charge in [-0.3, -0.25) is 4.79 Å². The maximum atomic E-state index is 13.5. The van der Waals surface area contributed by atoms with Crippen LogP contribution < -0.4 is 5.43 Å². The summed E-state index contributed by atoms with van der Waals surface area (Å²) in [7, 11) is 0. The number of amides is 1. The summed E-state index contributed by atoms with van der Waals surface area (Å²) in [4.78, 5) is 12.0. The van der Waals surface area contributed by atoms with Crippen molar-refractivity contribution in [3.05, 3.63) is 64.9 Å². The van der Waals surface area contributed by atoms with Crippen molar-refractivity contribution < 1.29 is 9.18 Å². The van der Waals surface area contributed by atoms with E-state index in [1.807, 2.05) is 23.6 Å². The summed E-state index contributed by atoms with van der Waals surface area (Å²) in [5.41, 5.74) is 3.57. The Labute approximate surface area is 170 Å². The second kappa shape index (κ2) is 9.48. The molecule has 0 bridgehead atoms. The van der Waals surface area contributed by atoms with E-state index < -0.39 is 5.82 Å². The molecule has 0 radical (unpaired) electrons. The van der Waals surface area contributed by atoms with Crippen molar-refractivity contribution in [2.24, 2.45) is 5.10 Å². The lowest BCUT2D eigenvalue weighted by atomic mass is 10.2. The number of thioether (sulfide) groups is 1. The summed E-state index contributed by atoms with van der Waals surface area (Å²) in [6.45, 7) is 2.63. The second-order valence-electron chi connectivity index (χ2n) is 5.66. The first-order valence-electron chi connectivity index (χ1n) is 8.47. The summed E-state index contributed by atoms with van der Waals surface area (Å²) in [6, 6.07) is 13.5. The van der Waals surface area contributed by atoms with Crippen molar-refractivity contribution >= 4 is 35.5 Å². The third-order valence-electron chi connectivity index (χ3n) is 3.77. The molecule has 1 heterocycles. The molecule has 0 spiro atoms. The zero-order valence-electron chi connectivity index (χ0n) is 15.0. The second-order valence-corrected chi connectivity index (χ2v) is 7.04. The minimum absolute atomic E-state index is 0.105. The first kappa shape index (κ1) is 20.0. The number of hydrazone groups is 1. The number of halogens is 2. The van der Waals surface area contributed by atoms with Gasteiger partial charge in [-0.1, -0.05) is 41.6 Å². The molecule has 28 heavy (non-hydrogen) atoms. The molecule has 9 heteroatoms. The van der Waals surface area contributed by atoms with Crippen molar-refractivity contribution in [2.75, 3.05) is 5.75 Å². The highest BCUT2D eigenvalue weighted by molar-refractivity contribution is 7.99. The van der Waals surface area contributed by atoms with Crippen molar-refractivity contribution in [1.82, 2.24) is 20.2 Å². The van der Waals surface area contributed by atoms with Gasteiger partial charge in [0, 0.05) is 22.7 Å². The normalized spacial score (nSPS) is 11.1. The van der Waals surface area contributed by atoms with Crippen molar-refractivity contribution in [3.63, 3.8) is 0 Å². The average Bonchev–Trinajstić information content (AvgIpc) is 3.11. The summed E-state index contributed by atoms with van der Waals surface area (Å²) in [5.74, 6) is 0.0875. The Hall–Kier alpha value is -2.71. The van der Waals surface area contributed by atoms with Crippen LogP contribution in [0.2, 0.25) is 5.02 Å². The first-order valence-corrected chi connectivity index (χ1v) is 9.83.